The first-order chi connectivity index (χ1) is 5.77. The highest BCUT2D eigenvalue weighted by molar-refractivity contribution is 5.71. The van der Waals surface area contributed by atoms with E-state index in [1.54, 1.807) is 6.20 Å². The Morgan fingerprint density at radius 3 is 3.08 bits per heavy atom. The molecule has 0 aliphatic heterocycles. The van der Waals surface area contributed by atoms with Gasteiger partial charge in [-0.3, -0.25) is 4.79 Å². The van der Waals surface area contributed by atoms with Gasteiger partial charge in [0.05, 0.1) is 5.92 Å². The standard InChI is InChI=1S/C8H8N2O2/c11-8(12)5-1-6-3-9-4-10-7(6)2-5/h3-5H,1-2H2,(H,11,12). The molecule has 1 aliphatic carbocycles. The van der Waals surface area contributed by atoms with Crippen LogP contribution in [-0.2, 0) is 17.6 Å². The van der Waals surface area contributed by atoms with Crippen molar-refractivity contribution >= 4 is 5.97 Å². The summed E-state index contributed by atoms with van der Waals surface area (Å²) in [7, 11) is 0. The summed E-state index contributed by atoms with van der Waals surface area (Å²) in [4.78, 5) is 18.5. The predicted octanol–water partition coefficient (Wildman–Crippen LogP) is 0.276. The van der Waals surface area contributed by atoms with Crippen molar-refractivity contribution in [3.05, 3.63) is 23.8 Å². The van der Waals surface area contributed by atoms with Crippen LogP contribution in [0.15, 0.2) is 12.5 Å². The molecule has 0 radical (unpaired) electrons. The van der Waals surface area contributed by atoms with E-state index in [1.165, 1.54) is 6.33 Å². The van der Waals surface area contributed by atoms with Crippen molar-refractivity contribution in [1.29, 1.82) is 0 Å². The second kappa shape index (κ2) is 2.55. The smallest absolute Gasteiger partial charge is 0.307 e. The van der Waals surface area contributed by atoms with Crippen LogP contribution >= 0.6 is 0 Å². The van der Waals surface area contributed by atoms with Crippen LogP contribution in [-0.4, -0.2) is 21.0 Å². The van der Waals surface area contributed by atoms with Crippen LogP contribution in [0.3, 0.4) is 0 Å². The summed E-state index contributed by atoms with van der Waals surface area (Å²) >= 11 is 0. The van der Waals surface area contributed by atoms with Crippen molar-refractivity contribution in [2.24, 2.45) is 5.92 Å². The summed E-state index contributed by atoms with van der Waals surface area (Å²) in [6, 6.07) is 0. The van der Waals surface area contributed by atoms with Crippen molar-refractivity contribution in [2.75, 3.05) is 0 Å². The van der Waals surface area contributed by atoms with E-state index in [-0.39, 0.29) is 5.92 Å². The van der Waals surface area contributed by atoms with Crippen LogP contribution in [0, 0.1) is 5.92 Å². The van der Waals surface area contributed by atoms with E-state index in [1.807, 2.05) is 0 Å². The average molecular weight is 164 g/mol. The van der Waals surface area contributed by atoms with E-state index in [2.05, 4.69) is 9.97 Å². The van der Waals surface area contributed by atoms with Gasteiger partial charge in [0.15, 0.2) is 0 Å². The van der Waals surface area contributed by atoms with Crippen LogP contribution in [0.1, 0.15) is 11.3 Å². The average Bonchev–Trinajstić information content (AvgIpc) is 2.46. The number of fused-ring (bicyclic) bond motifs is 1. The zero-order valence-electron chi connectivity index (χ0n) is 6.40. The normalized spacial score (nSPS) is 20.5. The van der Waals surface area contributed by atoms with Gasteiger partial charge in [0.1, 0.15) is 6.33 Å². The van der Waals surface area contributed by atoms with Gasteiger partial charge < -0.3 is 5.11 Å². The van der Waals surface area contributed by atoms with Crippen LogP contribution in [0.4, 0.5) is 0 Å². The Morgan fingerprint density at radius 2 is 2.42 bits per heavy atom. The number of hydrogen-bond acceptors (Lipinski definition) is 3. The molecular formula is C8H8N2O2. The second-order valence-corrected chi connectivity index (χ2v) is 2.94. The van der Waals surface area contributed by atoms with Gasteiger partial charge in [-0.1, -0.05) is 0 Å². The molecule has 1 heterocycles. The lowest BCUT2D eigenvalue weighted by Crippen LogP contribution is -2.13. The fourth-order valence-electron chi connectivity index (χ4n) is 1.48. The number of nitrogens with zero attached hydrogens (tertiary/aromatic N) is 2. The number of rotatable bonds is 1. The molecule has 0 spiro atoms. The summed E-state index contributed by atoms with van der Waals surface area (Å²) in [5.74, 6) is -1.04. The molecule has 0 fully saturated rings. The Kier molecular flexibility index (Phi) is 1.53. The summed E-state index contributed by atoms with van der Waals surface area (Å²) in [6.45, 7) is 0. The highest BCUT2D eigenvalue weighted by Gasteiger charge is 2.27. The van der Waals surface area contributed by atoms with Gasteiger partial charge in [0.2, 0.25) is 0 Å². The minimum absolute atomic E-state index is 0.295. The van der Waals surface area contributed by atoms with Crippen molar-refractivity contribution in [3.63, 3.8) is 0 Å². The first-order valence-corrected chi connectivity index (χ1v) is 3.78. The number of aromatic nitrogens is 2. The number of hydrogen-bond donors (Lipinski definition) is 1. The summed E-state index contributed by atoms with van der Waals surface area (Å²) in [6.07, 6.45) is 4.28. The summed E-state index contributed by atoms with van der Waals surface area (Å²) in [5, 5.41) is 8.74. The highest BCUT2D eigenvalue weighted by atomic mass is 16.4. The quantitative estimate of drug-likeness (QED) is 0.647. The third kappa shape index (κ3) is 1.05. The van der Waals surface area contributed by atoms with Crippen LogP contribution in [0.5, 0.6) is 0 Å². The van der Waals surface area contributed by atoms with E-state index in [0.29, 0.717) is 12.8 Å². The molecule has 2 rings (SSSR count). The summed E-state index contributed by atoms with van der Waals surface area (Å²) in [5.41, 5.74) is 1.86. The van der Waals surface area contributed by atoms with Crippen LogP contribution in [0.25, 0.3) is 0 Å². The van der Waals surface area contributed by atoms with E-state index in [0.717, 1.165) is 11.3 Å². The molecule has 4 heteroatoms. The van der Waals surface area contributed by atoms with Crippen LogP contribution < -0.4 is 0 Å². The topological polar surface area (TPSA) is 63.1 Å². The third-order valence-electron chi connectivity index (χ3n) is 2.14. The Hall–Kier alpha value is -1.45. The molecule has 12 heavy (non-hydrogen) atoms. The largest absolute Gasteiger partial charge is 0.481 e. The minimum atomic E-state index is -0.743. The predicted molar refractivity (Wildman–Crippen MR) is 40.6 cm³/mol. The van der Waals surface area contributed by atoms with Gasteiger partial charge in [-0.15, -0.1) is 0 Å². The van der Waals surface area contributed by atoms with Gasteiger partial charge in [0.25, 0.3) is 0 Å². The number of carboxylic acid groups (broad SMARTS) is 1. The van der Waals surface area contributed by atoms with E-state index >= 15 is 0 Å². The first kappa shape index (κ1) is 7.21. The number of carbonyl (C=O) groups is 1. The second-order valence-electron chi connectivity index (χ2n) is 2.94. The molecule has 0 saturated carbocycles. The zero-order chi connectivity index (χ0) is 8.55. The Morgan fingerprint density at radius 1 is 1.58 bits per heavy atom. The lowest BCUT2D eigenvalue weighted by molar-refractivity contribution is -0.141. The molecule has 62 valence electrons. The van der Waals surface area contributed by atoms with E-state index in [4.69, 9.17) is 5.11 Å². The van der Waals surface area contributed by atoms with Gasteiger partial charge in [-0.25, -0.2) is 9.97 Å². The van der Waals surface area contributed by atoms with Gasteiger partial charge in [-0.2, -0.15) is 0 Å². The monoisotopic (exact) mass is 164 g/mol. The van der Waals surface area contributed by atoms with Crippen molar-refractivity contribution in [3.8, 4) is 0 Å². The summed E-state index contributed by atoms with van der Waals surface area (Å²) < 4.78 is 0. The van der Waals surface area contributed by atoms with E-state index < -0.39 is 5.97 Å². The molecular weight excluding hydrogens is 156 g/mol. The van der Waals surface area contributed by atoms with Crippen molar-refractivity contribution < 1.29 is 9.90 Å². The molecule has 1 N–H and O–H groups in total. The van der Waals surface area contributed by atoms with Crippen LogP contribution in [0.2, 0.25) is 0 Å². The molecule has 1 aromatic heterocycles. The van der Waals surface area contributed by atoms with Crippen molar-refractivity contribution in [2.45, 2.75) is 12.8 Å². The molecule has 0 bridgehead atoms. The molecule has 4 nitrogen and oxygen atoms in total. The zero-order valence-corrected chi connectivity index (χ0v) is 6.40. The Labute approximate surface area is 69.3 Å². The maximum Gasteiger partial charge on any atom is 0.307 e. The molecule has 1 aromatic rings. The fraction of sp³-hybridized carbons (Fsp3) is 0.375. The lowest BCUT2D eigenvalue weighted by atomic mass is 10.1. The van der Waals surface area contributed by atoms with Gasteiger partial charge in [0, 0.05) is 18.3 Å². The van der Waals surface area contributed by atoms with Gasteiger partial charge >= 0.3 is 5.97 Å². The van der Waals surface area contributed by atoms with Gasteiger partial charge in [-0.05, 0) is 12.0 Å². The maximum atomic E-state index is 10.6. The third-order valence-corrected chi connectivity index (χ3v) is 2.14. The molecule has 0 amide bonds. The molecule has 0 saturated heterocycles. The molecule has 0 aromatic carbocycles. The highest BCUT2D eigenvalue weighted by Crippen LogP contribution is 2.23. The first-order valence-electron chi connectivity index (χ1n) is 3.78. The fourth-order valence-corrected chi connectivity index (χ4v) is 1.48. The lowest BCUT2D eigenvalue weighted by Gasteiger charge is -1.97. The number of aliphatic carboxylic acids is 1. The SMILES string of the molecule is O=C(O)C1Cc2cncnc2C1. The maximum absolute atomic E-state index is 10.6. The molecule has 1 aliphatic rings. The van der Waals surface area contributed by atoms with Crippen molar-refractivity contribution in [1.82, 2.24) is 9.97 Å². The minimum Gasteiger partial charge on any atom is -0.481 e. The van der Waals surface area contributed by atoms with E-state index in [9.17, 15) is 4.79 Å². The Bertz CT molecular complexity index is 300. The number of carboxylic acids is 1. The Balaban J connectivity index is 2.27. The molecule has 1 unspecified atom stereocenters. The molecule has 1 atom stereocenters.